The van der Waals surface area contributed by atoms with Crippen molar-refractivity contribution in [2.75, 3.05) is 0 Å². The van der Waals surface area contributed by atoms with Crippen molar-refractivity contribution in [1.29, 1.82) is 0 Å². The maximum absolute atomic E-state index is 11.7. The number of pyridine rings is 1. The van der Waals surface area contributed by atoms with E-state index in [0.29, 0.717) is 5.56 Å². The molecule has 0 atom stereocenters. The topological polar surface area (TPSA) is 51.2 Å². The van der Waals surface area contributed by atoms with Crippen molar-refractivity contribution in [3.05, 3.63) is 29.0 Å². The zero-order valence-corrected chi connectivity index (χ0v) is 9.54. The van der Waals surface area contributed by atoms with Crippen LogP contribution in [0.2, 0.25) is 5.15 Å². The third-order valence-corrected chi connectivity index (χ3v) is 2.93. The number of hydrogen-bond acceptors (Lipinski definition) is 3. The van der Waals surface area contributed by atoms with Gasteiger partial charge in [-0.3, -0.25) is 9.63 Å². The molecule has 0 bridgehead atoms. The molecule has 1 N–H and O–H groups in total. The van der Waals surface area contributed by atoms with E-state index in [0.717, 1.165) is 25.7 Å². The van der Waals surface area contributed by atoms with Crippen LogP contribution in [0.5, 0.6) is 0 Å². The number of nitrogens with one attached hydrogen (secondary N) is 1. The van der Waals surface area contributed by atoms with Crippen LogP contribution in [-0.2, 0) is 4.84 Å². The summed E-state index contributed by atoms with van der Waals surface area (Å²) in [6, 6.07) is 3.28. The van der Waals surface area contributed by atoms with Crippen LogP contribution in [0.4, 0.5) is 0 Å². The monoisotopic (exact) mass is 240 g/mol. The zero-order chi connectivity index (χ0) is 11.4. The van der Waals surface area contributed by atoms with E-state index >= 15 is 0 Å². The molecule has 16 heavy (non-hydrogen) atoms. The van der Waals surface area contributed by atoms with Crippen LogP contribution in [0.25, 0.3) is 0 Å². The van der Waals surface area contributed by atoms with Crippen molar-refractivity contribution < 1.29 is 9.63 Å². The second-order valence-corrected chi connectivity index (χ2v) is 4.16. The van der Waals surface area contributed by atoms with Crippen LogP contribution in [0.1, 0.15) is 36.0 Å². The predicted octanol–water partition coefficient (Wildman–Crippen LogP) is 2.34. The molecular weight excluding hydrogens is 228 g/mol. The minimum atomic E-state index is -0.343. The van der Waals surface area contributed by atoms with Gasteiger partial charge in [-0.05, 0) is 25.0 Å². The molecule has 1 aromatic rings. The van der Waals surface area contributed by atoms with Gasteiger partial charge in [-0.1, -0.05) is 24.4 Å². The Morgan fingerprint density at radius 3 is 2.94 bits per heavy atom. The number of carbonyl (C=O) groups excluding carboxylic acids is 1. The van der Waals surface area contributed by atoms with Gasteiger partial charge in [0.2, 0.25) is 0 Å². The van der Waals surface area contributed by atoms with Gasteiger partial charge in [0.05, 0.1) is 11.7 Å². The van der Waals surface area contributed by atoms with Crippen molar-refractivity contribution in [3.8, 4) is 0 Å². The normalized spacial score (nSPS) is 16.3. The lowest BCUT2D eigenvalue weighted by Gasteiger charge is -2.11. The average Bonchev–Trinajstić information content (AvgIpc) is 2.79. The summed E-state index contributed by atoms with van der Waals surface area (Å²) in [4.78, 5) is 20.8. The van der Waals surface area contributed by atoms with E-state index in [2.05, 4.69) is 10.5 Å². The molecular formula is C11H13ClN2O2. The summed E-state index contributed by atoms with van der Waals surface area (Å²) in [5, 5.41) is 0.190. The summed E-state index contributed by atoms with van der Waals surface area (Å²) >= 11 is 5.79. The Morgan fingerprint density at radius 1 is 1.50 bits per heavy atom. The molecule has 1 aliphatic rings. The predicted molar refractivity (Wildman–Crippen MR) is 60.1 cm³/mol. The molecule has 0 spiro atoms. The Hall–Kier alpha value is -1.13. The van der Waals surface area contributed by atoms with E-state index in [1.807, 2.05) is 0 Å². The molecule has 1 heterocycles. The number of amides is 1. The molecule has 1 aromatic heterocycles. The Kier molecular flexibility index (Phi) is 3.74. The molecule has 0 saturated heterocycles. The first-order valence-electron chi connectivity index (χ1n) is 5.34. The maximum atomic E-state index is 11.7. The molecule has 0 aromatic carbocycles. The number of nitrogens with zero attached hydrogens (tertiary/aromatic N) is 1. The number of carbonyl (C=O) groups is 1. The highest BCUT2D eigenvalue weighted by molar-refractivity contribution is 6.32. The summed E-state index contributed by atoms with van der Waals surface area (Å²) in [7, 11) is 0. The Balaban J connectivity index is 1.90. The fourth-order valence-electron chi connectivity index (χ4n) is 1.75. The minimum absolute atomic E-state index is 0.138. The fourth-order valence-corrected chi connectivity index (χ4v) is 1.96. The van der Waals surface area contributed by atoms with Crippen LogP contribution < -0.4 is 5.48 Å². The number of hydrogen-bond donors (Lipinski definition) is 1. The Labute approximate surface area is 98.9 Å². The van der Waals surface area contributed by atoms with Gasteiger partial charge in [-0.15, -0.1) is 0 Å². The summed E-state index contributed by atoms with van der Waals surface area (Å²) in [6.45, 7) is 0. The maximum Gasteiger partial charge on any atom is 0.277 e. The molecule has 0 radical (unpaired) electrons. The first kappa shape index (κ1) is 11.4. The number of aromatic nitrogens is 1. The molecule has 0 aliphatic heterocycles. The third-order valence-electron chi connectivity index (χ3n) is 2.62. The molecule has 1 saturated carbocycles. The van der Waals surface area contributed by atoms with E-state index in [-0.39, 0.29) is 17.2 Å². The van der Waals surface area contributed by atoms with Crippen LogP contribution >= 0.6 is 11.6 Å². The number of rotatable bonds is 3. The largest absolute Gasteiger partial charge is 0.277 e. The van der Waals surface area contributed by atoms with Gasteiger partial charge in [-0.2, -0.15) is 0 Å². The van der Waals surface area contributed by atoms with Gasteiger partial charge in [0.15, 0.2) is 0 Å². The van der Waals surface area contributed by atoms with Crippen LogP contribution in [-0.4, -0.2) is 17.0 Å². The van der Waals surface area contributed by atoms with E-state index in [1.165, 1.54) is 6.20 Å². The van der Waals surface area contributed by atoms with Gasteiger partial charge < -0.3 is 0 Å². The van der Waals surface area contributed by atoms with E-state index in [9.17, 15) is 4.79 Å². The minimum Gasteiger partial charge on any atom is -0.270 e. The SMILES string of the molecule is O=C(NOC1CCCC1)c1cccnc1Cl. The van der Waals surface area contributed by atoms with Crippen molar-refractivity contribution in [2.45, 2.75) is 31.8 Å². The summed E-state index contributed by atoms with van der Waals surface area (Å²) in [5.41, 5.74) is 2.75. The highest BCUT2D eigenvalue weighted by Crippen LogP contribution is 2.20. The zero-order valence-electron chi connectivity index (χ0n) is 8.78. The standard InChI is InChI=1S/C11H13ClN2O2/c12-10-9(6-3-7-13-10)11(15)14-16-8-4-1-2-5-8/h3,6-8H,1-2,4-5H2,(H,14,15). The molecule has 86 valence electrons. The number of hydroxylamine groups is 1. The first-order valence-corrected chi connectivity index (χ1v) is 5.71. The van der Waals surface area contributed by atoms with Crippen LogP contribution in [0.3, 0.4) is 0 Å². The first-order chi connectivity index (χ1) is 7.77. The van der Waals surface area contributed by atoms with Gasteiger partial charge in [-0.25, -0.2) is 10.5 Å². The van der Waals surface area contributed by atoms with Crippen LogP contribution in [0, 0.1) is 0 Å². The molecule has 0 unspecified atom stereocenters. The Morgan fingerprint density at radius 2 is 2.25 bits per heavy atom. The average molecular weight is 241 g/mol. The molecule has 4 nitrogen and oxygen atoms in total. The fraction of sp³-hybridized carbons (Fsp3) is 0.455. The van der Waals surface area contributed by atoms with Gasteiger partial charge in [0.1, 0.15) is 5.15 Å². The van der Waals surface area contributed by atoms with Crippen molar-refractivity contribution in [3.63, 3.8) is 0 Å². The molecule has 5 heteroatoms. The molecule has 2 rings (SSSR count). The quantitative estimate of drug-likeness (QED) is 0.652. The second kappa shape index (κ2) is 5.27. The molecule has 1 fully saturated rings. The lowest BCUT2D eigenvalue weighted by molar-refractivity contribution is -0.0125. The highest BCUT2D eigenvalue weighted by atomic mass is 35.5. The van der Waals surface area contributed by atoms with Gasteiger partial charge >= 0.3 is 0 Å². The van der Waals surface area contributed by atoms with E-state index < -0.39 is 0 Å². The smallest absolute Gasteiger partial charge is 0.270 e. The highest BCUT2D eigenvalue weighted by Gasteiger charge is 2.18. The van der Waals surface area contributed by atoms with Crippen molar-refractivity contribution >= 4 is 17.5 Å². The lowest BCUT2D eigenvalue weighted by Crippen LogP contribution is -2.28. The lowest BCUT2D eigenvalue weighted by atomic mass is 10.3. The van der Waals surface area contributed by atoms with E-state index in [4.69, 9.17) is 16.4 Å². The summed E-state index contributed by atoms with van der Waals surface area (Å²) in [6.07, 6.45) is 6.00. The molecule has 1 amide bonds. The van der Waals surface area contributed by atoms with Gasteiger partial charge in [0.25, 0.3) is 5.91 Å². The molecule has 1 aliphatic carbocycles. The second-order valence-electron chi connectivity index (χ2n) is 3.80. The Bertz CT molecular complexity index is 378. The van der Waals surface area contributed by atoms with E-state index in [1.54, 1.807) is 12.1 Å². The number of halogens is 1. The van der Waals surface area contributed by atoms with Gasteiger partial charge in [0, 0.05) is 6.20 Å². The van der Waals surface area contributed by atoms with Crippen LogP contribution in [0.15, 0.2) is 18.3 Å². The van der Waals surface area contributed by atoms with Crippen molar-refractivity contribution in [2.24, 2.45) is 0 Å². The van der Waals surface area contributed by atoms with Crippen molar-refractivity contribution in [1.82, 2.24) is 10.5 Å². The third kappa shape index (κ3) is 2.71. The summed E-state index contributed by atoms with van der Waals surface area (Å²) < 4.78 is 0. The summed E-state index contributed by atoms with van der Waals surface area (Å²) in [5.74, 6) is -0.343.